The third kappa shape index (κ3) is 3.15. The molecule has 0 bridgehead atoms. The zero-order valence-corrected chi connectivity index (χ0v) is 12.2. The van der Waals surface area contributed by atoms with Crippen LogP contribution in [0.2, 0.25) is 0 Å². The van der Waals surface area contributed by atoms with Crippen molar-refractivity contribution in [3.05, 3.63) is 51.9 Å². The molecule has 4 heteroatoms. The van der Waals surface area contributed by atoms with Gasteiger partial charge in [-0.2, -0.15) is 0 Å². The van der Waals surface area contributed by atoms with Gasteiger partial charge in [0.1, 0.15) is 5.76 Å². The molecule has 0 aliphatic rings. The van der Waals surface area contributed by atoms with E-state index in [1.807, 2.05) is 25.1 Å². The van der Waals surface area contributed by atoms with Crippen molar-refractivity contribution in [1.82, 2.24) is 4.90 Å². The van der Waals surface area contributed by atoms with Crippen LogP contribution in [0.1, 0.15) is 16.9 Å². The van der Waals surface area contributed by atoms with Crippen LogP contribution in [0.15, 0.2) is 39.4 Å². The highest BCUT2D eigenvalue weighted by molar-refractivity contribution is 9.10. The lowest BCUT2D eigenvalue weighted by atomic mass is 10.1. The van der Waals surface area contributed by atoms with Gasteiger partial charge in [-0.05, 0) is 37.7 Å². The molecule has 0 saturated carbocycles. The summed E-state index contributed by atoms with van der Waals surface area (Å²) in [5.74, 6) is 0.977. The van der Waals surface area contributed by atoms with Crippen molar-refractivity contribution in [3.8, 4) is 0 Å². The van der Waals surface area contributed by atoms with Gasteiger partial charge in [0.05, 0.1) is 6.26 Å². The molecule has 0 spiro atoms. The Balaban J connectivity index is 2.03. The molecular formula is C14H17BrN2O. The van der Waals surface area contributed by atoms with Crippen LogP contribution in [0.5, 0.6) is 0 Å². The van der Waals surface area contributed by atoms with Gasteiger partial charge in [-0.1, -0.05) is 22.0 Å². The van der Waals surface area contributed by atoms with Gasteiger partial charge in [0.15, 0.2) is 0 Å². The minimum Gasteiger partial charge on any atom is -0.469 e. The first kappa shape index (κ1) is 13.2. The predicted molar refractivity (Wildman–Crippen MR) is 77.2 cm³/mol. The lowest BCUT2D eigenvalue weighted by Gasteiger charge is -2.17. The van der Waals surface area contributed by atoms with E-state index in [4.69, 9.17) is 10.2 Å². The number of hydrogen-bond acceptors (Lipinski definition) is 3. The van der Waals surface area contributed by atoms with Crippen molar-refractivity contribution < 1.29 is 4.42 Å². The summed E-state index contributed by atoms with van der Waals surface area (Å²) in [7, 11) is 2.08. The summed E-state index contributed by atoms with van der Waals surface area (Å²) in [5.41, 5.74) is 9.17. The summed E-state index contributed by atoms with van der Waals surface area (Å²) in [6.45, 7) is 3.67. The Kier molecular flexibility index (Phi) is 4.09. The van der Waals surface area contributed by atoms with E-state index in [1.165, 1.54) is 5.56 Å². The quantitative estimate of drug-likeness (QED) is 0.878. The summed E-state index contributed by atoms with van der Waals surface area (Å²) in [6.07, 6.45) is 1.73. The highest BCUT2D eigenvalue weighted by Crippen LogP contribution is 2.20. The maximum Gasteiger partial charge on any atom is 0.105 e. The van der Waals surface area contributed by atoms with Crippen LogP contribution in [0.4, 0.5) is 5.69 Å². The number of anilines is 1. The second-order valence-corrected chi connectivity index (χ2v) is 5.43. The monoisotopic (exact) mass is 308 g/mol. The first-order chi connectivity index (χ1) is 8.56. The largest absolute Gasteiger partial charge is 0.469 e. The van der Waals surface area contributed by atoms with E-state index in [-0.39, 0.29) is 0 Å². The normalized spacial score (nSPS) is 11.1. The zero-order chi connectivity index (χ0) is 13.1. The molecule has 2 aromatic rings. The van der Waals surface area contributed by atoms with Crippen molar-refractivity contribution in [2.24, 2.45) is 0 Å². The summed E-state index contributed by atoms with van der Waals surface area (Å²) in [6, 6.07) is 8.02. The van der Waals surface area contributed by atoms with Crippen molar-refractivity contribution in [3.63, 3.8) is 0 Å². The average Bonchev–Trinajstić information content (AvgIpc) is 2.69. The summed E-state index contributed by atoms with van der Waals surface area (Å²) < 4.78 is 6.31. The fraction of sp³-hybridized carbons (Fsp3) is 0.286. The number of halogens is 1. The third-order valence-electron chi connectivity index (χ3n) is 2.95. The minimum absolute atomic E-state index is 0.820. The van der Waals surface area contributed by atoms with Gasteiger partial charge in [0.25, 0.3) is 0 Å². The molecule has 96 valence electrons. The molecule has 1 heterocycles. The molecule has 0 amide bonds. The molecule has 0 fully saturated rings. The molecule has 0 aliphatic heterocycles. The van der Waals surface area contributed by atoms with Crippen molar-refractivity contribution in [1.29, 1.82) is 0 Å². The Morgan fingerprint density at radius 2 is 1.94 bits per heavy atom. The molecule has 18 heavy (non-hydrogen) atoms. The van der Waals surface area contributed by atoms with E-state index in [0.29, 0.717) is 0 Å². The second kappa shape index (κ2) is 5.59. The van der Waals surface area contributed by atoms with Crippen LogP contribution in [0.25, 0.3) is 0 Å². The standard InChI is InChI=1S/C14H17BrN2O/c1-10-11(5-6-18-10)8-17(2)9-12-3-4-13(15)7-14(12)16/h3-7H,8-9,16H2,1-2H3. The highest BCUT2D eigenvalue weighted by atomic mass is 79.9. The lowest BCUT2D eigenvalue weighted by molar-refractivity contribution is 0.317. The first-order valence-electron chi connectivity index (χ1n) is 5.81. The van der Waals surface area contributed by atoms with Crippen LogP contribution in [-0.2, 0) is 13.1 Å². The second-order valence-electron chi connectivity index (χ2n) is 4.52. The van der Waals surface area contributed by atoms with E-state index in [9.17, 15) is 0 Å². The van der Waals surface area contributed by atoms with Gasteiger partial charge in [0, 0.05) is 28.8 Å². The third-order valence-corrected chi connectivity index (χ3v) is 3.45. The Bertz CT molecular complexity index is 536. The van der Waals surface area contributed by atoms with Crippen LogP contribution in [0, 0.1) is 6.92 Å². The molecule has 1 aromatic carbocycles. The number of nitrogens with zero attached hydrogens (tertiary/aromatic N) is 1. The number of rotatable bonds is 4. The number of nitrogen functional groups attached to an aromatic ring is 1. The fourth-order valence-corrected chi connectivity index (χ4v) is 2.30. The molecule has 0 unspecified atom stereocenters. The molecule has 0 aliphatic carbocycles. The van der Waals surface area contributed by atoms with Crippen LogP contribution >= 0.6 is 15.9 Å². The molecule has 0 saturated heterocycles. The van der Waals surface area contributed by atoms with Crippen LogP contribution in [-0.4, -0.2) is 11.9 Å². The Morgan fingerprint density at radius 1 is 1.22 bits per heavy atom. The van der Waals surface area contributed by atoms with E-state index in [0.717, 1.165) is 34.6 Å². The molecule has 2 rings (SSSR count). The average molecular weight is 309 g/mol. The maximum atomic E-state index is 6.00. The van der Waals surface area contributed by atoms with Crippen LogP contribution < -0.4 is 5.73 Å². The van der Waals surface area contributed by atoms with Gasteiger partial charge >= 0.3 is 0 Å². The fourth-order valence-electron chi connectivity index (χ4n) is 1.92. The van der Waals surface area contributed by atoms with Gasteiger partial charge in [-0.25, -0.2) is 0 Å². The first-order valence-corrected chi connectivity index (χ1v) is 6.61. The zero-order valence-electron chi connectivity index (χ0n) is 10.6. The van der Waals surface area contributed by atoms with Gasteiger partial charge in [0.2, 0.25) is 0 Å². The van der Waals surface area contributed by atoms with E-state index >= 15 is 0 Å². The van der Waals surface area contributed by atoms with Gasteiger partial charge in [-0.3, -0.25) is 4.90 Å². The predicted octanol–water partition coefficient (Wildman–Crippen LogP) is 3.56. The van der Waals surface area contributed by atoms with Crippen LogP contribution in [0.3, 0.4) is 0 Å². The number of nitrogens with two attached hydrogens (primary N) is 1. The molecule has 0 radical (unpaired) electrons. The SMILES string of the molecule is Cc1occc1CN(C)Cc1ccc(Br)cc1N. The topological polar surface area (TPSA) is 42.4 Å². The Hall–Kier alpha value is -1.26. The Morgan fingerprint density at radius 3 is 2.56 bits per heavy atom. The molecular weight excluding hydrogens is 292 g/mol. The molecule has 0 atom stereocenters. The Labute approximate surface area is 116 Å². The van der Waals surface area contributed by atoms with Crippen molar-refractivity contribution in [2.75, 3.05) is 12.8 Å². The maximum absolute atomic E-state index is 6.00. The number of benzene rings is 1. The summed E-state index contributed by atoms with van der Waals surface area (Å²) in [5, 5.41) is 0. The summed E-state index contributed by atoms with van der Waals surface area (Å²) >= 11 is 3.41. The highest BCUT2D eigenvalue weighted by Gasteiger charge is 2.08. The van der Waals surface area contributed by atoms with Gasteiger partial charge < -0.3 is 10.2 Å². The summed E-state index contributed by atoms with van der Waals surface area (Å²) in [4.78, 5) is 2.22. The molecule has 3 nitrogen and oxygen atoms in total. The number of aryl methyl sites for hydroxylation is 1. The lowest BCUT2D eigenvalue weighted by Crippen LogP contribution is -2.18. The number of hydrogen-bond donors (Lipinski definition) is 1. The van der Waals surface area contributed by atoms with E-state index in [1.54, 1.807) is 6.26 Å². The van der Waals surface area contributed by atoms with Gasteiger partial charge in [-0.15, -0.1) is 0 Å². The number of furan rings is 1. The molecule has 2 N–H and O–H groups in total. The van der Waals surface area contributed by atoms with E-state index in [2.05, 4.69) is 33.9 Å². The van der Waals surface area contributed by atoms with Crippen molar-refractivity contribution >= 4 is 21.6 Å². The van der Waals surface area contributed by atoms with Crippen molar-refractivity contribution in [2.45, 2.75) is 20.0 Å². The van der Waals surface area contributed by atoms with E-state index < -0.39 is 0 Å². The minimum atomic E-state index is 0.820. The molecule has 1 aromatic heterocycles. The smallest absolute Gasteiger partial charge is 0.105 e.